The van der Waals surface area contributed by atoms with Gasteiger partial charge >= 0.3 is 5.97 Å². The highest BCUT2D eigenvalue weighted by atomic mass is 16.5. The van der Waals surface area contributed by atoms with Gasteiger partial charge in [0, 0.05) is 23.4 Å². The highest BCUT2D eigenvalue weighted by molar-refractivity contribution is 5.89. The normalized spacial score (nSPS) is 8.72. The molecule has 5 nitrogen and oxygen atoms in total. The van der Waals surface area contributed by atoms with Gasteiger partial charge in [0.1, 0.15) is 0 Å². The first-order valence-corrected chi connectivity index (χ1v) is 5.55. The van der Waals surface area contributed by atoms with Crippen LogP contribution in [0.5, 0.6) is 0 Å². The van der Waals surface area contributed by atoms with Crippen molar-refractivity contribution in [2.24, 2.45) is 5.11 Å². The Morgan fingerprint density at radius 2 is 2.17 bits per heavy atom. The van der Waals surface area contributed by atoms with Gasteiger partial charge in [-0.2, -0.15) is 0 Å². The molecule has 0 atom stereocenters. The van der Waals surface area contributed by atoms with E-state index in [2.05, 4.69) is 21.9 Å². The molecule has 1 aromatic carbocycles. The number of carbonyl (C=O) groups excluding carboxylic acids is 1. The van der Waals surface area contributed by atoms with E-state index in [1.807, 2.05) is 0 Å². The Labute approximate surface area is 105 Å². The van der Waals surface area contributed by atoms with Crippen LogP contribution in [0.4, 0.5) is 0 Å². The van der Waals surface area contributed by atoms with Crippen molar-refractivity contribution < 1.29 is 9.53 Å². The van der Waals surface area contributed by atoms with Gasteiger partial charge in [-0.3, -0.25) is 0 Å². The third-order valence-electron chi connectivity index (χ3n) is 2.03. The summed E-state index contributed by atoms with van der Waals surface area (Å²) in [5, 5.41) is 3.38. The number of azide groups is 1. The average molecular weight is 243 g/mol. The molecule has 0 fully saturated rings. The molecule has 0 heterocycles. The van der Waals surface area contributed by atoms with Crippen LogP contribution in [0.1, 0.15) is 29.3 Å². The molecule has 0 bridgehead atoms. The van der Waals surface area contributed by atoms with Gasteiger partial charge in [0.05, 0.1) is 12.2 Å². The van der Waals surface area contributed by atoms with Crippen molar-refractivity contribution in [2.45, 2.75) is 13.3 Å². The minimum atomic E-state index is -0.333. The zero-order chi connectivity index (χ0) is 13.2. The Hall–Kier alpha value is -2.44. The number of ether oxygens (including phenoxy) is 1. The molecule has 92 valence electrons. The zero-order valence-corrected chi connectivity index (χ0v) is 10.1. The van der Waals surface area contributed by atoms with Crippen molar-refractivity contribution >= 4 is 5.97 Å². The van der Waals surface area contributed by atoms with Gasteiger partial charge in [-0.05, 0) is 36.7 Å². The molecule has 1 rings (SSSR count). The minimum absolute atomic E-state index is 0.333. The lowest BCUT2D eigenvalue weighted by atomic mass is 10.1. The number of rotatable bonds is 4. The first kappa shape index (κ1) is 13.6. The Kier molecular flexibility index (Phi) is 5.88. The van der Waals surface area contributed by atoms with Crippen LogP contribution in [0.3, 0.4) is 0 Å². The predicted molar refractivity (Wildman–Crippen MR) is 67.9 cm³/mol. The molecule has 0 aliphatic carbocycles. The summed E-state index contributed by atoms with van der Waals surface area (Å²) in [6, 6.07) is 6.87. The number of benzene rings is 1. The fraction of sp³-hybridized carbons (Fsp3) is 0.308. The minimum Gasteiger partial charge on any atom is -0.462 e. The molecule has 0 saturated carbocycles. The van der Waals surface area contributed by atoms with E-state index in [-0.39, 0.29) is 5.97 Å². The predicted octanol–water partition coefficient (Wildman–Crippen LogP) is 2.92. The van der Waals surface area contributed by atoms with Gasteiger partial charge in [-0.25, -0.2) is 4.79 Å². The van der Waals surface area contributed by atoms with Gasteiger partial charge in [0.25, 0.3) is 0 Å². The number of nitrogens with zero attached hydrogens (tertiary/aromatic N) is 3. The summed E-state index contributed by atoms with van der Waals surface area (Å²) in [5.41, 5.74) is 9.40. The van der Waals surface area contributed by atoms with Gasteiger partial charge in [0.15, 0.2) is 0 Å². The Morgan fingerprint density at radius 3 is 2.78 bits per heavy atom. The lowest BCUT2D eigenvalue weighted by molar-refractivity contribution is 0.0526. The van der Waals surface area contributed by atoms with Gasteiger partial charge in [-0.15, -0.1) is 0 Å². The SMILES string of the molecule is CCOC(=O)c1ccc(C#CCCN=[N+]=[N-])cc1. The first-order valence-electron chi connectivity index (χ1n) is 5.55. The van der Waals surface area contributed by atoms with Crippen LogP contribution < -0.4 is 0 Å². The molecular formula is C13H13N3O2. The third kappa shape index (κ3) is 4.60. The molecule has 0 spiro atoms. The van der Waals surface area contributed by atoms with E-state index in [1.165, 1.54) is 0 Å². The fourth-order valence-corrected chi connectivity index (χ4v) is 1.22. The van der Waals surface area contributed by atoms with E-state index >= 15 is 0 Å². The summed E-state index contributed by atoms with van der Waals surface area (Å²) in [7, 11) is 0. The van der Waals surface area contributed by atoms with E-state index in [4.69, 9.17) is 10.3 Å². The maximum absolute atomic E-state index is 11.4. The molecule has 0 saturated heterocycles. The van der Waals surface area contributed by atoms with Crippen LogP contribution >= 0.6 is 0 Å². The highest BCUT2D eigenvalue weighted by Gasteiger charge is 2.04. The molecule has 0 aromatic heterocycles. The Balaban J connectivity index is 2.59. The molecule has 18 heavy (non-hydrogen) atoms. The molecule has 5 heteroatoms. The standard InChI is InChI=1S/C13H13N3O2/c1-2-18-13(17)12-8-6-11(7-9-12)5-3-4-10-15-16-14/h6-9H,2,4,10H2,1H3. The van der Waals surface area contributed by atoms with Crippen LogP contribution in [0, 0.1) is 11.8 Å². The Bertz CT molecular complexity index is 505. The summed E-state index contributed by atoms with van der Waals surface area (Å²) in [4.78, 5) is 14.0. The number of esters is 1. The van der Waals surface area contributed by atoms with E-state index < -0.39 is 0 Å². The molecular weight excluding hydrogens is 230 g/mol. The maximum Gasteiger partial charge on any atom is 0.338 e. The molecule has 0 aliphatic rings. The van der Waals surface area contributed by atoms with Gasteiger partial charge in [-0.1, -0.05) is 17.0 Å². The van der Waals surface area contributed by atoms with E-state index in [0.29, 0.717) is 25.1 Å². The second-order valence-electron chi connectivity index (χ2n) is 3.30. The summed E-state index contributed by atoms with van der Waals surface area (Å²) >= 11 is 0. The first-order chi connectivity index (χ1) is 8.77. The quantitative estimate of drug-likeness (QED) is 0.203. The number of carbonyl (C=O) groups is 1. The van der Waals surface area contributed by atoms with E-state index in [1.54, 1.807) is 31.2 Å². The maximum atomic E-state index is 11.4. The smallest absolute Gasteiger partial charge is 0.338 e. The third-order valence-corrected chi connectivity index (χ3v) is 2.03. The zero-order valence-electron chi connectivity index (χ0n) is 10.1. The molecule has 0 radical (unpaired) electrons. The molecule has 0 aliphatic heterocycles. The molecule has 0 N–H and O–H groups in total. The molecule has 1 aromatic rings. The number of hydrogen-bond acceptors (Lipinski definition) is 3. The lowest BCUT2D eigenvalue weighted by Gasteiger charge is -2.00. The van der Waals surface area contributed by atoms with Crippen LogP contribution in [-0.2, 0) is 4.74 Å². The van der Waals surface area contributed by atoms with Crippen LogP contribution in [-0.4, -0.2) is 19.1 Å². The number of hydrogen-bond donors (Lipinski definition) is 0. The largest absolute Gasteiger partial charge is 0.462 e. The summed E-state index contributed by atoms with van der Waals surface area (Å²) in [5.74, 6) is 5.46. The average Bonchev–Trinajstić information content (AvgIpc) is 2.39. The van der Waals surface area contributed by atoms with Crippen LogP contribution in [0.25, 0.3) is 10.4 Å². The summed E-state index contributed by atoms with van der Waals surface area (Å²) in [6.45, 7) is 2.49. The van der Waals surface area contributed by atoms with Crippen molar-refractivity contribution in [3.8, 4) is 11.8 Å². The van der Waals surface area contributed by atoms with E-state index in [9.17, 15) is 4.79 Å². The van der Waals surface area contributed by atoms with Crippen molar-refractivity contribution in [1.29, 1.82) is 0 Å². The van der Waals surface area contributed by atoms with Gasteiger partial charge in [0.2, 0.25) is 0 Å². The summed E-state index contributed by atoms with van der Waals surface area (Å²) < 4.78 is 4.87. The fourth-order valence-electron chi connectivity index (χ4n) is 1.22. The second-order valence-corrected chi connectivity index (χ2v) is 3.30. The summed E-state index contributed by atoms with van der Waals surface area (Å²) in [6.07, 6.45) is 0.518. The van der Waals surface area contributed by atoms with Crippen LogP contribution in [0.2, 0.25) is 0 Å². The van der Waals surface area contributed by atoms with Crippen molar-refractivity contribution in [3.63, 3.8) is 0 Å². The van der Waals surface area contributed by atoms with Crippen molar-refractivity contribution in [1.82, 2.24) is 0 Å². The molecule has 0 amide bonds. The van der Waals surface area contributed by atoms with Crippen molar-refractivity contribution in [2.75, 3.05) is 13.2 Å². The topological polar surface area (TPSA) is 75.1 Å². The highest BCUT2D eigenvalue weighted by Crippen LogP contribution is 2.05. The second kappa shape index (κ2) is 7.77. The monoisotopic (exact) mass is 243 g/mol. The Morgan fingerprint density at radius 1 is 1.44 bits per heavy atom. The van der Waals surface area contributed by atoms with Gasteiger partial charge < -0.3 is 4.74 Å². The van der Waals surface area contributed by atoms with Crippen molar-refractivity contribution in [3.05, 3.63) is 45.8 Å². The molecule has 0 unspecified atom stereocenters. The van der Waals surface area contributed by atoms with Crippen LogP contribution in [0.15, 0.2) is 29.4 Å². The van der Waals surface area contributed by atoms with E-state index in [0.717, 1.165) is 5.56 Å². The lowest BCUT2D eigenvalue weighted by Crippen LogP contribution is -2.04.